The lowest BCUT2D eigenvalue weighted by Crippen LogP contribution is -2.32. The fourth-order valence-electron chi connectivity index (χ4n) is 3.84. The number of hydrogen-bond acceptors (Lipinski definition) is 5. The van der Waals surface area contributed by atoms with Crippen molar-refractivity contribution in [2.45, 2.75) is 90.6 Å². The molecule has 5 nitrogen and oxygen atoms in total. The van der Waals surface area contributed by atoms with Gasteiger partial charge in [-0.2, -0.15) is 0 Å². The maximum Gasteiger partial charge on any atom is 0.331 e. The lowest BCUT2D eigenvalue weighted by Gasteiger charge is -2.28. The Hall–Kier alpha value is -1.69. The molecule has 0 bridgehead atoms. The average molecular weight is 419 g/mol. The first-order chi connectivity index (χ1) is 14.0. The Kier molecular flexibility index (Phi) is 8.26. The number of ether oxygens (including phenoxy) is 2. The Balaban J connectivity index is 2.30. The van der Waals surface area contributed by atoms with Gasteiger partial charge in [0.15, 0.2) is 6.10 Å². The molecule has 0 aromatic carbocycles. The van der Waals surface area contributed by atoms with Crippen LogP contribution in [0.4, 0.5) is 0 Å². The monoisotopic (exact) mass is 418 g/mol. The zero-order chi connectivity index (χ0) is 22.5. The Bertz CT molecular complexity index is 730. The van der Waals surface area contributed by atoms with Gasteiger partial charge in [0.05, 0.1) is 18.8 Å². The third kappa shape index (κ3) is 6.66. The number of allylic oxidation sites excluding steroid dienone is 3. The molecule has 30 heavy (non-hydrogen) atoms. The van der Waals surface area contributed by atoms with Gasteiger partial charge in [-0.15, -0.1) is 0 Å². The first kappa shape index (κ1) is 24.6. The fraction of sp³-hybridized carbons (Fsp3) is 0.640. The molecule has 0 radical (unpaired) electrons. The smallest absolute Gasteiger partial charge is 0.331 e. The van der Waals surface area contributed by atoms with Crippen LogP contribution in [0, 0.1) is 5.41 Å². The standard InChI is InChI=1S/C25H38O5/c1-17(2)15-23(28)29-21-11-14-24(5,13-10-20(27)18(3)4)12-9-19(16-26)7-8-22-25(21,6)30-22/h9,11,14-15,20-22,26-27H,3,7-8,10,12-13,16H2,1-2,4-6H3/b14-11+,19-9+/t20?,21-,22-,24-,25+/m1/s1. The van der Waals surface area contributed by atoms with Gasteiger partial charge in [0.2, 0.25) is 0 Å². The summed E-state index contributed by atoms with van der Waals surface area (Å²) in [7, 11) is 0. The Morgan fingerprint density at radius 2 is 2.10 bits per heavy atom. The highest BCUT2D eigenvalue weighted by atomic mass is 16.6. The topological polar surface area (TPSA) is 79.3 Å². The lowest BCUT2D eigenvalue weighted by molar-refractivity contribution is -0.143. The molecule has 1 aliphatic heterocycles. The maximum absolute atomic E-state index is 12.3. The van der Waals surface area contributed by atoms with E-state index in [-0.39, 0.29) is 24.1 Å². The number of aliphatic hydroxyl groups is 2. The van der Waals surface area contributed by atoms with Crippen LogP contribution in [-0.2, 0) is 14.3 Å². The summed E-state index contributed by atoms with van der Waals surface area (Å²) in [6, 6.07) is 0. The van der Waals surface area contributed by atoms with Crippen LogP contribution in [0.3, 0.4) is 0 Å². The second kappa shape index (κ2) is 10.1. The molecule has 2 aliphatic rings. The number of carbonyl (C=O) groups excluding carboxylic acids is 1. The van der Waals surface area contributed by atoms with E-state index >= 15 is 0 Å². The van der Waals surface area contributed by atoms with E-state index in [9.17, 15) is 15.0 Å². The van der Waals surface area contributed by atoms with Gasteiger partial charge in [-0.1, -0.05) is 36.8 Å². The van der Waals surface area contributed by atoms with Crippen LogP contribution in [0.25, 0.3) is 0 Å². The molecule has 1 saturated heterocycles. The SMILES string of the molecule is C=C(C)C(O)CC[C@]1(C)/C=C/[C@@H](OC(=O)C=C(C)C)[C@]2(C)O[C@@H]2CC/C(CO)=C\C1. The van der Waals surface area contributed by atoms with Crippen LogP contribution in [-0.4, -0.2) is 46.7 Å². The van der Waals surface area contributed by atoms with Gasteiger partial charge in [-0.05, 0) is 76.9 Å². The zero-order valence-corrected chi connectivity index (χ0v) is 19.1. The highest BCUT2D eigenvalue weighted by Gasteiger charge is 2.58. The molecular formula is C25H38O5. The summed E-state index contributed by atoms with van der Waals surface area (Å²) < 4.78 is 11.8. The van der Waals surface area contributed by atoms with Crippen molar-refractivity contribution < 1.29 is 24.5 Å². The van der Waals surface area contributed by atoms with Crippen LogP contribution < -0.4 is 0 Å². The molecule has 1 heterocycles. The Labute approximate surface area is 181 Å². The van der Waals surface area contributed by atoms with E-state index in [4.69, 9.17) is 9.47 Å². The van der Waals surface area contributed by atoms with Crippen LogP contribution >= 0.6 is 0 Å². The molecule has 0 amide bonds. The average Bonchev–Trinajstić information content (AvgIpc) is 3.33. The number of aliphatic hydroxyl groups excluding tert-OH is 2. The number of esters is 1. The van der Waals surface area contributed by atoms with Crippen molar-refractivity contribution in [3.05, 3.63) is 47.6 Å². The van der Waals surface area contributed by atoms with Crippen LogP contribution in [0.1, 0.15) is 66.7 Å². The van der Waals surface area contributed by atoms with Crippen LogP contribution in [0.2, 0.25) is 0 Å². The molecule has 2 N–H and O–H groups in total. The van der Waals surface area contributed by atoms with Crippen molar-refractivity contribution in [3.8, 4) is 0 Å². The van der Waals surface area contributed by atoms with Crippen molar-refractivity contribution in [2.75, 3.05) is 6.61 Å². The summed E-state index contributed by atoms with van der Waals surface area (Å²) >= 11 is 0. The molecule has 168 valence electrons. The Morgan fingerprint density at radius 3 is 2.70 bits per heavy atom. The highest BCUT2D eigenvalue weighted by molar-refractivity contribution is 5.83. The largest absolute Gasteiger partial charge is 0.452 e. The van der Waals surface area contributed by atoms with Crippen molar-refractivity contribution in [1.29, 1.82) is 0 Å². The minimum Gasteiger partial charge on any atom is -0.452 e. The summed E-state index contributed by atoms with van der Waals surface area (Å²) in [6.07, 6.45) is 10.2. The first-order valence-corrected chi connectivity index (χ1v) is 10.8. The number of carbonyl (C=O) groups is 1. The van der Waals surface area contributed by atoms with E-state index in [2.05, 4.69) is 25.7 Å². The van der Waals surface area contributed by atoms with Gasteiger partial charge in [0, 0.05) is 6.08 Å². The number of fused-ring (bicyclic) bond motifs is 1. The molecule has 0 aromatic rings. The molecular weight excluding hydrogens is 380 g/mol. The van der Waals surface area contributed by atoms with Gasteiger partial charge in [-0.3, -0.25) is 0 Å². The number of epoxide rings is 1. The fourth-order valence-corrected chi connectivity index (χ4v) is 3.84. The normalized spacial score (nSPS) is 35.0. The molecule has 1 unspecified atom stereocenters. The van der Waals surface area contributed by atoms with E-state index in [0.29, 0.717) is 6.42 Å². The van der Waals surface area contributed by atoms with Crippen molar-refractivity contribution in [3.63, 3.8) is 0 Å². The molecule has 5 atom stereocenters. The van der Waals surface area contributed by atoms with E-state index in [0.717, 1.165) is 42.4 Å². The van der Waals surface area contributed by atoms with Crippen LogP contribution in [0.15, 0.2) is 47.6 Å². The van der Waals surface area contributed by atoms with Gasteiger partial charge in [0.1, 0.15) is 5.60 Å². The van der Waals surface area contributed by atoms with Crippen LogP contribution in [0.5, 0.6) is 0 Å². The third-order valence-electron chi connectivity index (χ3n) is 6.21. The molecule has 1 aliphatic carbocycles. The van der Waals surface area contributed by atoms with Crippen molar-refractivity contribution in [1.82, 2.24) is 0 Å². The molecule has 1 fully saturated rings. The van der Waals surface area contributed by atoms with Gasteiger partial charge in [-0.25, -0.2) is 4.79 Å². The minimum absolute atomic E-state index is 0.0174. The molecule has 2 rings (SSSR count). The minimum atomic E-state index is -0.565. The van der Waals surface area contributed by atoms with E-state index < -0.39 is 17.8 Å². The number of rotatable bonds is 7. The van der Waals surface area contributed by atoms with Gasteiger partial charge in [0.25, 0.3) is 0 Å². The summed E-state index contributed by atoms with van der Waals surface area (Å²) in [4.78, 5) is 12.3. The first-order valence-electron chi connectivity index (χ1n) is 10.8. The quantitative estimate of drug-likeness (QED) is 0.277. The second-order valence-corrected chi connectivity index (χ2v) is 9.55. The molecule has 0 spiro atoms. The molecule has 0 aromatic heterocycles. The summed E-state index contributed by atoms with van der Waals surface area (Å²) in [5, 5.41) is 20.0. The summed E-state index contributed by atoms with van der Waals surface area (Å²) in [5.74, 6) is -0.372. The van der Waals surface area contributed by atoms with E-state index in [1.807, 2.05) is 33.8 Å². The predicted molar refractivity (Wildman–Crippen MR) is 119 cm³/mol. The van der Waals surface area contributed by atoms with Gasteiger partial charge >= 0.3 is 5.97 Å². The van der Waals surface area contributed by atoms with Crippen molar-refractivity contribution >= 4 is 5.97 Å². The zero-order valence-electron chi connectivity index (χ0n) is 19.1. The van der Waals surface area contributed by atoms with Gasteiger partial charge < -0.3 is 19.7 Å². The van der Waals surface area contributed by atoms with E-state index in [1.165, 1.54) is 6.08 Å². The highest BCUT2D eigenvalue weighted by Crippen LogP contribution is 2.45. The van der Waals surface area contributed by atoms with Crippen molar-refractivity contribution in [2.24, 2.45) is 5.41 Å². The lowest BCUT2D eigenvalue weighted by atomic mass is 9.79. The maximum atomic E-state index is 12.3. The molecule has 5 heteroatoms. The predicted octanol–water partition coefficient (Wildman–Crippen LogP) is 4.40. The summed E-state index contributed by atoms with van der Waals surface area (Å²) in [6.45, 7) is 13.5. The second-order valence-electron chi connectivity index (χ2n) is 9.55. The summed E-state index contributed by atoms with van der Waals surface area (Å²) in [5.41, 5.74) is 1.80. The Morgan fingerprint density at radius 1 is 1.40 bits per heavy atom. The third-order valence-corrected chi connectivity index (χ3v) is 6.21. The molecule has 0 saturated carbocycles. The number of hydrogen-bond donors (Lipinski definition) is 2. The van der Waals surface area contributed by atoms with E-state index in [1.54, 1.807) is 0 Å².